The Hall–Kier alpha value is -0.960. The smallest absolute Gasteiger partial charge is 0.149 e. The van der Waals surface area contributed by atoms with Crippen molar-refractivity contribution in [3.8, 4) is 0 Å². The molecule has 1 fully saturated rings. The van der Waals surface area contributed by atoms with Crippen molar-refractivity contribution in [2.24, 2.45) is 5.92 Å². The first-order chi connectivity index (χ1) is 8.69. The minimum Gasteiger partial charge on any atom is -0.396 e. The molecule has 1 aromatic rings. The maximum atomic E-state index is 5.90. The van der Waals surface area contributed by atoms with E-state index in [0.717, 1.165) is 11.7 Å². The van der Waals surface area contributed by atoms with Crippen LogP contribution in [0.25, 0.3) is 0 Å². The minimum atomic E-state index is 0.508. The van der Waals surface area contributed by atoms with Gasteiger partial charge in [0.05, 0.1) is 10.7 Å². The lowest BCUT2D eigenvalue weighted by Crippen LogP contribution is -2.26. The molecule has 0 bridgehead atoms. The monoisotopic (exact) mass is 267 g/mol. The highest BCUT2D eigenvalue weighted by Gasteiger charge is 2.21. The van der Waals surface area contributed by atoms with E-state index in [2.05, 4.69) is 17.2 Å². The van der Waals surface area contributed by atoms with Gasteiger partial charge < -0.3 is 11.1 Å². The first kappa shape index (κ1) is 13.5. The summed E-state index contributed by atoms with van der Waals surface area (Å²) >= 11 is 5.84. The van der Waals surface area contributed by atoms with Crippen LogP contribution in [0, 0.1) is 5.92 Å². The SMILES string of the molecule is CCCC1CCC(Nc2ncc(Cl)cc2N)CC1. The Balaban J connectivity index is 1.87. The van der Waals surface area contributed by atoms with E-state index in [1.54, 1.807) is 12.3 Å². The molecule has 2 rings (SSSR count). The summed E-state index contributed by atoms with van der Waals surface area (Å²) in [6, 6.07) is 2.26. The molecule has 0 spiro atoms. The summed E-state index contributed by atoms with van der Waals surface area (Å²) in [6.45, 7) is 2.27. The highest BCUT2D eigenvalue weighted by Crippen LogP contribution is 2.30. The Morgan fingerprint density at radius 1 is 1.39 bits per heavy atom. The number of pyridine rings is 1. The zero-order valence-corrected chi connectivity index (χ0v) is 11.7. The number of nitrogens with zero attached hydrogens (tertiary/aromatic N) is 1. The summed E-state index contributed by atoms with van der Waals surface area (Å²) in [6.07, 6.45) is 9.38. The Morgan fingerprint density at radius 2 is 2.11 bits per heavy atom. The van der Waals surface area contributed by atoms with Gasteiger partial charge in [-0.15, -0.1) is 0 Å². The average Bonchev–Trinajstić information content (AvgIpc) is 2.35. The van der Waals surface area contributed by atoms with Crippen molar-refractivity contribution in [3.63, 3.8) is 0 Å². The fourth-order valence-electron chi connectivity index (χ4n) is 2.77. The van der Waals surface area contributed by atoms with Gasteiger partial charge in [0, 0.05) is 12.2 Å². The molecule has 18 heavy (non-hydrogen) atoms. The summed E-state index contributed by atoms with van der Waals surface area (Å²) in [5.74, 6) is 1.70. The van der Waals surface area contributed by atoms with Gasteiger partial charge in [0.15, 0.2) is 0 Å². The number of nitrogens with two attached hydrogens (primary N) is 1. The zero-order chi connectivity index (χ0) is 13.0. The maximum absolute atomic E-state index is 5.90. The quantitative estimate of drug-likeness (QED) is 0.864. The molecule has 1 aliphatic rings. The largest absolute Gasteiger partial charge is 0.396 e. The number of halogens is 1. The van der Waals surface area contributed by atoms with Gasteiger partial charge in [-0.05, 0) is 37.7 Å². The molecule has 3 N–H and O–H groups in total. The molecule has 0 radical (unpaired) electrons. The minimum absolute atomic E-state index is 0.508. The number of aromatic nitrogens is 1. The highest BCUT2D eigenvalue weighted by atomic mass is 35.5. The molecule has 3 nitrogen and oxygen atoms in total. The van der Waals surface area contributed by atoms with E-state index in [0.29, 0.717) is 16.8 Å². The van der Waals surface area contributed by atoms with Crippen LogP contribution >= 0.6 is 11.6 Å². The normalized spacial score (nSPS) is 23.9. The average molecular weight is 268 g/mol. The predicted molar refractivity (Wildman–Crippen MR) is 77.9 cm³/mol. The summed E-state index contributed by atoms with van der Waals surface area (Å²) < 4.78 is 0. The summed E-state index contributed by atoms with van der Waals surface area (Å²) in [5.41, 5.74) is 6.54. The van der Waals surface area contributed by atoms with Crippen molar-refractivity contribution in [2.75, 3.05) is 11.1 Å². The van der Waals surface area contributed by atoms with E-state index in [-0.39, 0.29) is 0 Å². The first-order valence-electron chi connectivity index (χ1n) is 6.86. The number of nitrogens with one attached hydrogen (secondary N) is 1. The van der Waals surface area contributed by atoms with Gasteiger partial charge in [-0.3, -0.25) is 0 Å². The van der Waals surface area contributed by atoms with Gasteiger partial charge in [-0.25, -0.2) is 4.98 Å². The molecule has 100 valence electrons. The van der Waals surface area contributed by atoms with Crippen molar-refractivity contribution in [3.05, 3.63) is 17.3 Å². The van der Waals surface area contributed by atoms with E-state index in [1.165, 1.54) is 38.5 Å². The van der Waals surface area contributed by atoms with Gasteiger partial charge in [0.2, 0.25) is 0 Å². The molecule has 4 heteroatoms. The van der Waals surface area contributed by atoms with E-state index >= 15 is 0 Å². The Kier molecular flexibility index (Phi) is 4.70. The van der Waals surface area contributed by atoms with Crippen LogP contribution in [0.2, 0.25) is 5.02 Å². The number of rotatable bonds is 4. The van der Waals surface area contributed by atoms with Crippen LogP contribution in [0.5, 0.6) is 0 Å². The van der Waals surface area contributed by atoms with Crippen LogP contribution in [0.1, 0.15) is 45.4 Å². The van der Waals surface area contributed by atoms with Crippen LogP contribution in [-0.4, -0.2) is 11.0 Å². The molecular weight excluding hydrogens is 246 g/mol. The summed E-state index contributed by atoms with van der Waals surface area (Å²) in [4.78, 5) is 4.26. The Bertz CT molecular complexity index is 387. The second-order valence-corrected chi connectivity index (χ2v) is 5.68. The fourth-order valence-corrected chi connectivity index (χ4v) is 2.94. The van der Waals surface area contributed by atoms with Gasteiger partial charge in [0.25, 0.3) is 0 Å². The van der Waals surface area contributed by atoms with E-state index in [9.17, 15) is 0 Å². The molecule has 0 atom stereocenters. The molecule has 0 unspecified atom stereocenters. The van der Waals surface area contributed by atoms with Gasteiger partial charge >= 0.3 is 0 Å². The third-order valence-electron chi connectivity index (χ3n) is 3.77. The number of hydrogen-bond donors (Lipinski definition) is 2. The van der Waals surface area contributed by atoms with Crippen molar-refractivity contribution >= 4 is 23.1 Å². The Morgan fingerprint density at radius 3 is 2.72 bits per heavy atom. The highest BCUT2D eigenvalue weighted by molar-refractivity contribution is 6.30. The Labute approximate surface area is 114 Å². The molecule has 1 aromatic heterocycles. The molecule has 1 aliphatic carbocycles. The summed E-state index contributed by atoms with van der Waals surface area (Å²) in [7, 11) is 0. The first-order valence-corrected chi connectivity index (χ1v) is 7.24. The number of hydrogen-bond acceptors (Lipinski definition) is 3. The lowest BCUT2D eigenvalue weighted by Gasteiger charge is -2.29. The lowest BCUT2D eigenvalue weighted by atomic mass is 9.83. The van der Waals surface area contributed by atoms with Gasteiger partial charge in [0.1, 0.15) is 5.82 Å². The summed E-state index contributed by atoms with van der Waals surface area (Å²) in [5, 5.41) is 4.03. The standard InChI is InChI=1S/C14H22ClN3/c1-2-3-10-4-6-12(7-5-10)18-14-13(16)8-11(15)9-17-14/h8-10,12H,2-7,16H2,1H3,(H,17,18). The molecule has 0 aromatic carbocycles. The molecule has 0 aliphatic heterocycles. The van der Waals surface area contributed by atoms with E-state index in [4.69, 9.17) is 17.3 Å². The van der Waals surface area contributed by atoms with Crippen molar-refractivity contribution in [1.29, 1.82) is 0 Å². The lowest BCUT2D eigenvalue weighted by molar-refractivity contribution is 0.318. The second kappa shape index (κ2) is 6.28. The molecule has 1 saturated carbocycles. The van der Waals surface area contributed by atoms with Crippen LogP contribution in [0.3, 0.4) is 0 Å². The van der Waals surface area contributed by atoms with Crippen LogP contribution < -0.4 is 11.1 Å². The number of anilines is 2. The van der Waals surface area contributed by atoms with Crippen molar-refractivity contribution < 1.29 is 0 Å². The van der Waals surface area contributed by atoms with Gasteiger partial charge in [-0.1, -0.05) is 31.4 Å². The topological polar surface area (TPSA) is 50.9 Å². The van der Waals surface area contributed by atoms with Gasteiger partial charge in [-0.2, -0.15) is 0 Å². The molecular formula is C14H22ClN3. The van der Waals surface area contributed by atoms with Crippen LogP contribution in [0.4, 0.5) is 11.5 Å². The van der Waals surface area contributed by atoms with E-state index in [1.807, 2.05) is 0 Å². The molecule has 1 heterocycles. The third-order valence-corrected chi connectivity index (χ3v) is 3.98. The van der Waals surface area contributed by atoms with Crippen molar-refractivity contribution in [2.45, 2.75) is 51.5 Å². The predicted octanol–water partition coefficient (Wildman–Crippen LogP) is 4.09. The maximum Gasteiger partial charge on any atom is 0.149 e. The third kappa shape index (κ3) is 3.52. The van der Waals surface area contributed by atoms with Crippen molar-refractivity contribution in [1.82, 2.24) is 4.98 Å². The van der Waals surface area contributed by atoms with Crippen LogP contribution in [-0.2, 0) is 0 Å². The molecule has 0 amide bonds. The molecule has 0 saturated heterocycles. The zero-order valence-electron chi connectivity index (χ0n) is 11.0. The van der Waals surface area contributed by atoms with Crippen LogP contribution in [0.15, 0.2) is 12.3 Å². The number of nitrogen functional groups attached to an aromatic ring is 1. The van der Waals surface area contributed by atoms with E-state index < -0.39 is 0 Å². The second-order valence-electron chi connectivity index (χ2n) is 5.24. The fraction of sp³-hybridized carbons (Fsp3) is 0.643.